The van der Waals surface area contributed by atoms with Crippen molar-refractivity contribution in [3.63, 3.8) is 0 Å². The highest BCUT2D eigenvalue weighted by atomic mass is 16.6. The first-order chi connectivity index (χ1) is 31.1. The van der Waals surface area contributed by atoms with Crippen LogP contribution in [0.15, 0.2) is 88.3 Å². The van der Waals surface area contributed by atoms with E-state index in [4.69, 9.17) is 29.3 Å². The number of carbonyl (C=O) groups is 8. The minimum absolute atomic E-state index is 0.104. The maximum Gasteiger partial charge on any atom is 0.408 e. The molecule has 1 aliphatic heterocycles. The molecule has 1 aliphatic carbocycles. The Hall–Kier alpha value is -7.90. The lowest BCUT2D eigenvalue weighted by Crippen LogP contribution is -2.59. The molecule has 3 aromatic rings. The molecule has 2 aliphatic rings. The first-order valence-electron chi connectivity index (χ1n) is 20.3. The SMILES string of the molecule is COC(=O)CC[C@H](NC(=O)[C@H](CC(=O)OC)NC(=O)OCc1ccccc1)C(=O)N[C@H](C(=O)N[C@@H](CC(=O)OC)C(=O)N=c1ccc2nc3c(cc(N)c4ccccc43)oc-2c1)C(C)C. The van der Waals surface area contributed by atoms with E-state index in [-0.39, 0.29) is 30.6 Å². The predicted octanol–water partition coefficient (Wildman–Crippen LogP) is 2.58. The number of rotatable bonds is 18. The van der Waals surface area contributed by atoms with Crippen LogP contribution < -0.4 is 32.4 Å². The van der Waals surface area contributed by atoms with Crippen molar-refractivity contribution in [1.29, 1.82) is 0 Å². The molecule has 5 amide bonds. The molecule has 0 fully saturated rings. The molecule has 20 heteroatoms. The van der Waals surface area contributed by atoms with E-state index in [1.54, 1.807) is 56.3 Å². The Labute approximate surface area is 371 Å². The quantitative estimate of drug-likeness (QED) is 0.0278. The number of carbonyl (C=O) groups excluding carboxylic acids is 8. The summed E-state index contributed by atoms with van der Waals surface area (Å²) in [6.07, 6.45) is -3.10. The van der Waals surface area contributed by atoms with E-state index in [9.17, 15) is 38.4 Å². The number of anilines is 1. The van der Waals surface area contributed by atoms with Gasteiger partial charge in [-0.1, -0.05) is 68.4 Å². The summed E-state index contributed by atoms with van der Waals surface area (Å²) in [5, 5.41) is 11.4. The minimum atomic E-state index is -1.61. The van der Waals surface area contributed by atoms with Crippen LogP contribution in [-0.4, -0.2) is 98.1 Å². The summed E-state index contributed by atoms with van der Waals surface area (Å²) < 4.78 is 25.5. The van der Waals surface area contributed by atoms with Crippen molar-refractivity contribution in [3.8, 4) is 11.5 Å². The van der Waals surface area contributed by atoms with Crippen molar-refractivity contribution in [2.45, 2.75) is 70.3 Å². The average molecular weight is 896 g/mol. The van der Waals surface area contributed by atoms with E-state index < -0.39 is 90.6 Å². The monoisotopic (exact) mass is 895 g/mol. The third-order valence-electron chi connectivity index (χ3n) is 10.0. The van der Waals surface area contributed by atoms with Gasteiger partial charge >= 0.3 is 24.0 Å². The summed E-state index contributed by atoms with van der Waals surface area (Å²) in [4.78, 5) is 114. The number of methoxy groups -OCH3 is 3. The van der Waals surface area contributed by atoms with Crippen LogP contribution >= 0.6 is 0 Å². The second-order valence-electron chi connectivity index (χ2n) is 15.0. The molecule has 0 radical (unpaired) electrons. The van der Waals surface area contributed by atoms with Crippen LogP contribution in [0.1, 0.15) is 45.1 Å². The van der Waals surface area contributed by atoms with Gasteiger partial charge in [-0.15, -0.1) is 0 Å². The molecular formula is C45H49N7O13. The third-order valence-corrected chi connectivity index (χ3v) is 10.0. The lowest BCUT2D eigenvalue weighted by molar-refractivity contribution is -0.144. The lowest BCUT2D eigenvalue weighted by Gasteiger charge is -2.27. The first kappa shape index (κ1) is 48.1. The minimum Gasteiger partial charge on any atom is -0.469 e. The summed E-state index contributed by atoms with van der Waals surface area (Å²) in [7, 11) is 3.29. The Morgan fingerprint density at radius 3 is 1.97 bits per heavy atom. The Morgan fingerprint density at radius 2 is 1.31 bits per heavy atom. The number of nitrogen functional groups attached to an aromatic ring is 1. The fraction of sp³-hybridized carbons (Fsp3) is 0.333. The molecule has 0 bridgehead atoms. The van der Waals surface area contributed by atoms with Crippen molar-refractivity contribution in [2.75, 3.05) is 27.1 Å². The lowest BCUT2D eigenvalue weighted by atomic mass is 10.0. The van der Waals surface area contributed by atoms with Crippen LogP contribution in [0.25, 0.3) is 33.3 Å². The summed E-state index contributed by atoms with van der Waals surface area (Å²) in [6, 6.07) is 16.2. The highest BCUT2D eigenvalue weighted by molar-refractivity contribution is 6.09. The molecule has 1 heterocycles. The number of hydrogen-bond acceptors (Lipinski definition) is 15. The predicted molar refractivity (Wildman–Crippen MR) is 232 cm³/mol. The molecule has 5 rings (SSSR count). The first-order valence-corrected chi connectivity index (χ1v) is 20.3. The number of esters is 3. The third kappa shape index (κ3) is 13.1. The fourth-order valence-electron chi connectivity index (χ4n) is 6.52. The standard InChI is InChI=1S/C45H49N7O13/c1-24(2)39(52-41(56)31(17-18-36(53)61-3)49-43(58)33(22-38(55)63-5)51-45(60)64-23-25-11-7-6-8-12-25)44(59)50-32(21-37(54)62-4)42(57)47-26-15-16-30-34(19-26)65-35-20-29(46)27-13-9-10-14-28(27)40(35)48-30/h6-16,19-20,24,31-33,39H,17-18,21-23,46H2,1-5H3,(H,49,58)(H,50,59)(H,51,60)(H,52,56)/t31-,32-,33-,39-/m0/s1. The molecular weight excluding hydrogens is 847 g/mol. The van der Waals surface area contributed by atoms with Gasteiger partial charge < -0.3 is 50.4 Å². The summed E-state index contributed by atoms with van der Waals surface area (Å²) >= 11 is 0. The number of benzene rings is 4. The van der Waals surface area contributed by atoms with Gasteiger partial charge in [0.2, 0.25) is 17.7 Å². The van der Waals surface area contributed by atoms with Gasteiger partial charge in [0.15, 0.2) is 11.3 Å². The molecule has 4 atom stereocenters. The number of amides is 5. The molecule has 65 heavy (non-hydrogen) atoms. The summed E-state index contributed by atoms with van der Waals surface area (Å²) in [6.45, 7) is 3.00. The van der Waals surface area contributed by atoms with Crippen molar-refractivity contribution < 1.29 is 61.7 Å². The number of alkyl carbamates (subject to hydrolysis) is 1. The Kier molecular flexibility index (Phi) is 16.6. The molecule has 0 spiro atoms. The molecule has 0 saturated heterocycles. The van der Waals surface area contributed by atoms with E-state index in [0.29, 0.717) is 28.0 Å². The van der Waals surface area contributed by atoms with Crippen LogP contribution in [0.3, 0.4) is 0 Å². The number of fused-ring (bicyclic) bond motifs is 4. The van der Waals surface area contributed by atoms with Crippen molar-refractivity contribution in [1.82, 2.24) is 26.3 Å². The van der Waals surface area contributed by atoms with E-state index in [0.717, 1.165) is 32.1 Å². The van der Waals surface area contributed by atoms with E-state index in [2.05, 4.69) is 31.0 Å². The van der Waals surface area contributed by atoms with Crippen LogP contribution in [0.2, 0.25) is 0 Å². The van der Waals surface area contributed by atoms with Gasteiger partial charge in [-0.2, -0.15) is 0 Å². The summed E-state index contributed by atoms with van der Waals surface area (Å²) in [5.41, 5.74) is 8.80. The largest absolute Gasteiger partial charge is 0.469 e. The maximum atomic E-state index is 13.9. The van der Waals surface area contributed by atoms with Gasteiger partial charge in [-0.3, -0.25) is 33.6 Å². The van der Waals surface area contributed by atoms with Gasteiger partial charge in [-0.25, -0.2) is 14.8 Å². The maximum absolute atomic E-state index is 13.9. The Bertz CT molecular complexity index is 2610. The second kappa shape index (κ2) is 22.5. The molecule has 20 nitrogen and oxygen atoms in total. The molecule has 342 valence electrons. The smallest absolute Gasteiger partial charge is 0.408 e. The van der Waals surface area contributed by atoms with Crippen molar-refractivity contribution in [3.05, 3.63) is 89.8 Å². The number of nitrogens with one attached hydrogen (secondary N) is 4. The topological polar surface area (TPSA) is 286 Å². The van der Waals surface area contributed by atoms with Gasteiger partial charge in [0, 0.05) is 35.0 Å². The van der Waals surface area contributed by atoms with Gasteiger partial charge in [-0.05, 0) is 30.0 Å². The average Bonchev–Trinajstić information content (AvgIpc) is 3.30. The zero-order valence-corrected chi connectivity index (χ0v) is 36.2. The van der Waals surface area contributed by atoms with E-state index in [1.807, 2.05) is 24.3 Å². The highest BCUT2D eigenvalue weighted by Gasteiger charge is 2.34. The van der Waals surface area contributed by atoms with Gasteiger partial charge in [0.05, 0.1) is 39.5 Å². The number of ether oxygens (including phenoxy) is 4. The van der Waals surface area contributed by atoms with E-state index in [1.165, 1.54) is 12.1 Å². The van der Waals surface area contributed by atoms with Crippen molar-refractivity contribution in [2.24, 2.45) is 10.9 Å². The van der Waals surface area contributed by atoms with E-state index >= 15 is 0 Å². The number of aromatic nitrogens is 1. The normalized spacial score (nSPS) is 13.2. The van der Waals surface area contributed by atoms with Crippen LogP contribution in [-0.2, 0) is 59.1 Å². The molecule has 6 N–H and O–H groups in total. The van der Waals surface area contributed by atoms with Crippen molar-refractivity contribution >= 4 is 75.2 Å². The second-order valence-corrected chi connectivity index (χ2v) is 15.0. The summed E-state index contributed by atoms with van der Waals surface area (Å²) in [5.74, 6) is -6.73. The molecule has 0 saturated carbocycles. The Balaban J connectivity index is 1.35. The molecule has 0 aromatic heterocycles. The highest BCUT2D eigenvalue weighted by Crippen LogP contribution is 2.32. The van der Waals surface area contributed by atoms with Crippen LogP contribution in [0.4, 0.5) is 10.5 Å². The number of nitrogens with two attached hydrogens (primary N) is 1. The van der Waals surface area contributed by atoms with Crippen LogP contribution in [0.5, 0.6) is 0 Å². The molecule has 3 aromatic carbocycles. The Morgan fingerprint density at radius 1 is 0.692 bits per heavy atom. The van der Waals surface area contributed by atoms with Gasteiger partial charge in [0.25, 0.3) is 5.91 Å². The molecule has 0 unspecified atom stereocenters. The van der Waals surface area contributed by atoms with Gasteiger partial charge in [0.1, 0.15) is 42.0 Å². The number of nitrogens with zero attached hydrogens (tertiary/aromatic N) is 2. The van der Waals surface area contributed by atoms with Crippen LogP contribution in [0, 0.1) is 5.92 Å². The fourth-order valence-corrected chi connectivity index (χ4v) is 6.52. The zero-order chi connectivity index (χ0) is 47.2. The number of hydrogen-bond donors (Lipinski definition) is 5. The zero-order valence-electron chi connectivity index (χ0n) is 36.2.